The molecular formula is C25H24F3N7O5S+2. The summed E-state index contributed by atoms with van der Waals surface area (Å²) in [6.07, 6.45) is 0.146. The van der Waals surface area contributed by atoms with Crippen LogP contribution in [0.15, 0.2) is 78.2 Å². The van der Waals surface area contributed by atoms with E-state index in [4.69, 9.17) is 9.47 Å². The normalized spacial score (nSPS) is 12.1. The van der Waals surface area contributed by atoms with E-state index in [0.29, 0.717) is 6.07 Å². The monoisotopic (exact) mass is 591 g/mol. The zero-order chi connectivity index (χ0) is 29.6. The van der Waals surface area contributed by atoms with E-state index in [0.717, 1.165) is 25.4 Å². The van der Waals surface area contributed by atoms with Crippen molar-refractivity contribution in [1.82, 2.24) is 19.7 Å². The lowest BCUT2D eigenvalue weighted by atomic mass is 10.2. The van der Waals surface area contributed by atoms with Gasteiger partial charge in [-0.1, -0.05) is 0 Å². The van der Waals surface area contributed by atoms with Gasteiger partial charge in [-0.05, 0) is 24.3 Å². The van der Waals surface area contributed by atoms with Crippen LogP contribution in [-0.4, -0.2) is 43.6 Å². The summed E-state index contributed by atoms with van der Waals surface area (Å²) in [6.45, 7) is 2.13. The van der Waals surface area contributed by atoms with E-state index in [2.05, 4.69) is 72.9 Å². The van der Waals surface area contributed by atoms with Crippen molar-refractivity contribution in [2.75, 3.05) is 19.5 Å². The molecule has 0 spiro atoms. The number of aryl methyl sites for hydroxylation is 2. The van der Waals surface area contributed by atoms with Gasteiger partial charge in [-0.25, -0.2) is 14.5 Å². The Morgan fingerprint density at radius 2 is 1.46 bits per heavy atom. The molecule has 0 atom stereocenters. The summed E-state index contributed by atoms with van der Waals surface area (Å²) in [7, 11) is -2.39. The number of hydrogen-bond donors (Lipinski definition) is 2. The van der Waals surface area contributed by atoms with Crippen LogP contribution in [0, 0.1) is 0 Å². The van der Waals surface area contributed by atoms with Crippen molar-refractivity contribution in [1.29, 1.82) is 0 Å². The number of anilines is 1. The largest absolute Gasteiger partial charge is 0.481 e. The van der Waals surface area contributed by atoms with Gasteiger partial charge in [-0.3, -0.25) is 5.32 Å². The van der Waals surface area contributed by atoms with Gasteiger partial charge in [-0.15, -0.1) is 0 Å². The maximum Gasteiger partial charge on any atom is 0.419 e. The number of carbonyl (C=O) groups excluding carboxylic acids is 1. The van der Waals surface area contributed by atoms with Gasteiger partial charge in [-0.2, -0.15) is 40.7 Å². The van der Waals surface area contributed by atoms with E-state index in [1.807, 2.05) is 5.32 Å². The molecule has 0 aromatic carbocycles. The number of urea groups is 1. The Labute approximate surface area is 232 Å². The first-order chi connectivity index (χ1) is 19.5. The van der Waals surface area contributed by atoms with Crippen molar-refractivity contribution in [2.24, 2.45) is 0 Å². The van der Waals surface area contributed by atoms with Crippen molar-refractivity contribution in [2.45, 2.75) is 24.3 Å². The van der Waals surface area contributed by atoms with Crippen molar-refractivity contribution < 1.29 is 45.0 Å². The molecule has 1 aliphatic rings. The third kappa shape index (κ3) is 7.02. The highest BCUT2D eigenvalue weighted by Gasteiger charge is 2.38. The fourth-order valence-electron chi connectivity index (χ4n) is 3.81. The molecule has 0 saturated heterocycles. The average Bonchev–Trinajstić information content (AvgIpc) is 2.96. The number of carbonyl (C=O) groups is 1. The predicted octanol–water partition coefficient (Wildman–Crippen LogP) is 2.36. The van der Waals surface area contributed by atoms with Crippen LogP contribution in [0.2, 0.25) is 0 Å². The second-order valence-corrected chi connectivity index (χ2v) is 9.85. The van der Waals surface area contributed by atoms with Crippen molar-refractivity contribution in [3.63, 3.8) is 0 Å². The molecule has 16 heteroatoms. The second-order valence-electron chi connectivity index (χ2n) is 8.25. The van der Waals surface area contributed by atoms with Crippen LogP contribution in [0.1, 0.15) is 5.56 Å². The molecule has 0 radical (unpaired) electrons. The Hall–Kier alpha value is -4.86. The van der Waals surface area contributed by atoms with Crippen LogP contribution in [0.4, 0.5) is 23.9 Å². The SMILES string of the molecule is COc1cc(OC)nc(NC(=O)NS(=O)(=O)c2ncccc2C(F)(F)F)n1.c1cc[n+]2c(c1)-c1cccc[n+]1CC2. The summed E-state index contributed by atoms with van der Waals surface area (Å²) in [4.78, 5) is 22.5. The zero-order valence-corrected chi connectivity index (χ0v) is 22.5. The van der Waals surface area contributed by atoms with E-state index in [1.54, 1.807) is 0 Å². The Kier molecular flexibility index (Phi) is 8.61. The predicted molar refractivity (Wildman–Crippen MR) is 136 cm³/mol. The Balaban J connectivity index is 0.000000228. The van der Waals surface area contributed by atoms with E-state index in [-0.39, 0.29) is 11.8 Å². The summed E-state index contributed by atoms with van der Waals surface area (Å²) in [5.41, 5.74) is 1.09. The van der Waals surface area contributed by atoms with E-state index >= 15 is 0 Å². The molecular weight excluding hydrogens is 567 g/mol. The summed E-state index contributed by atoms with van der Waals surface area (Å²) in [5.74, 6) is -0.427. The molecule has 0 saturated carbocycles. The number of pyridine rings is 3. The number of methoxy groups -OCH3 is 2. The van der Waals surface area contributed by atoms with Gasteiger partial charge >= 0.3 is 12.2 Å². The van der Waals surface area contributed by atoms with Crippen molar-refractivity contribution >= 4 is 22.0 Å². The molecule has 4 aromatic rings. The highest BCUT2D eigenvalue weighted by Crippen LogP contribution is 2.32. The highest BCUT2D eigenvalue weighted by atomic mass is 32.2. The molecule has 0 unspecified atom stereocenters. The lowest BCUT2D eigenvalue weighted by molar-refractivity contribution is -0.794. The first-order valence-corrected chi connectivity index (χ1v) is 13.3. The zero-order valence-electron chi connectivity index (χ0n) is 21.7. The van der Waals surface area contributed by atoms with Crippen LogP contribution in [0.25, 0.3) is 11.4 Å². The maximum absolute atomic E-state index is 12.9. The third-order valence-corrected chi connectivity index (χ3v) is 6.89. The summed E-state index contributed by atoms with van der Waals surface area (Å²) < 4.78 is 78.8. The molecule has 12 nitrogen and oxygen atoms in total. The third-order valence-electron chi connectivity index (χ3n) is 5.61. The number of hydrogen-bond acceptors (Lipinski definition) is 8. The molecule has 2 amide bonds. The molecule has 2 N–H and O–H groups in total. The van der Waals surface area contributed by atoms with Gasteiger partial charge in [0.15, 0.2) is 17.4 Å². The van der Waals surface area contributed by atoms with Gasteiger partial charge in [0.25, 0.3) is 21.4 Å². The number of halogens is 3. The topological polar surface area (TPSA) is 140 Å². The first kappa shape index (κ1) is 29.1. The number of ether oxygens (including phenoxy) is 2. The molecule has 0 fully saturated rings. The molecule has 214 valence electrons. The van der Waals surface area contributed by atoms with Crippen LogP contribution < -0.4 is 28.6 Å². The molecule has 5 rings (SSSR count). The second kappa shape index (κ2) is 12.1. The Morgan fingerprint density at radius 1 is 0.902 bits per heavy atom. The van der Waals surface area contributed by atoms with E-state index in [1.165, 1.54) is 36.4 Å². The smallest absolute Gasteiger partial charge is 0.419 e. The van der Waals surface area contributed by atoms with Crippen molar-refractivity contribution in [3.8, 4) is 23.1 Å². The number of sulfonamides is 1. The standard InChI is InChI=1S/C13H12F3N5O5S.C12H12N2/c1-25-8-6-9(26-2)19-11(18-8)20-12(22)21-27(23,24)10-7(13(14,15)16)4-3-5-17-10;1-3-7-13-9-10-14-8-4-2-6-12(14)11(13)5-1/h3-6H,1-2H3,(H2,18,19,20,21,22);1-8H,9-10H2/q;+2. The number of aromatic nitrogens is 5. The molecule has 1 aliphatic heterocycles. The number of alkyl halides is 3. The van der Waals surface area contributed by atoms with Gasteiger partial charge in [0.1, 0.15) is 0 Å². The highest BCUT2D eigenvalue weighted by molar-refractivity contribution is 7.90. The Morgan fingerprint density at radius 3 is 1.98 bits per heavy atom. The molecule has 0 bridgehead atoms. The van der Waals surface area contributed by atoms with Crippen LogP contribution in [0.3, 0.4) is 0 Å². The van der Waals surface area contributed by atoms with Gasteiger partial charge in [0.05, 0.1) is 25.8 Å². The minimum Gasteiger partial charge on any atom is -0.481 e. The average molecular weight is 592 g/mol. The molecule has 0 aliphatic carbocycles. The lowest BCUT2D eigenvalue weighted by Crippen LogP contribution is -2.52. The maximum atomic E-state index is 12.9. The van der Waals surface area contributed by atoms with E-state index < -0.39 is 38.8 Å². The number of nitrogens with one attached hydrogen (secondary N) is 2. The van der Waals surface area contributed by atoms with Crippen LogP contribution >= 0.6 is 0 Å². The number of amides is 2. The lowest BCUT2D eigenvalue weighted by Gasteiger charge is -2.13. The number of nitrogens with zero attached hydrogens (tertiary/aromatic N) is 5. The first-order valence-electron chi connectivity index (χ1n) is 11.8. The quantitative estimate of drug-likeness (QED) is 0.337. The molecule has 5 heterocycles. The van der Waals surface area contributed by atoms with Gasteiger partial charge < -0.3 is 9.47 Å². The Bertz CT molecular complexity index is 1600. The van der Waals surface area contributed by atoms with E-state index in [9.17, 15) is 26.4 Å². The molecule has 4 aromatic heterocycles. The number of rotatable bonds is 5. The summed E-state index contributed by atoms with van der Waals surface area (Å²) >= 11 is 0. The summed E-state index contributed by atoms with van der Waals surface area (Å²) in [6, 6.07) is 14.0. The molecule has 41 heavy (non-hydrogen) atoms. The van der Waals surface area contributed by atoms with Gasteiger partial charge in [0.2, 0.25) is 30.8 Å². The number of fused-ring (bicyclic) bond motifs is 3. The fraction of sp³-hybridized carbons (Fsp3) is 0.200. The minimum absolute atomic E-state index is 0.0101. The fourth-order valence-corrected chi connectivity index (χ4v) is 4.87. The summed E-state index contributed by atoms with van der Waals surface area (Å²) in [5, 5.41) is 0.605. The van der Waals surface area contributed by atoms with Gasteiger partial charge in [0, 0.05) is 30.5 Å². The van der Waals surface area contributed by atoms with Crippen LogP contribution in [-0.2, 0) is 29.3 Å². The van der Waals surface area contributed by atoms with Crippen molar-refractivity contribution in [3.05, 3.63) is 78.8 Å². The minimum atomic E-state index is -4.99. The van der Waals surface area contributed by atoms with Crippen LogP contribution in [0.5, 0.6) is 11.8 Å².